The summed E-state index contributed by atoms with van der Waals surface area (Å²) in [6.45, 7) is 1.72. The number of aromatic nitrogens is 2. The summed E-state index contributed by atoms with van der Waals surface area (Å²) in [5.74, 6) is 1.73. The van der Waals surface area contributed by atoms with E-state index >= 15 is 0 Å². The van der Waals surface area contributed by atoms with E-state index in [0.717, 1.165) is 25.9 Å². The minimum Gasteiger partial charge on any atom is -0.497 e. The number of ether oxygens (including phenoxy) is 2. The minimum absolute atomic E-state index is 0.0916. The number of halogens is 2. The molecule has 1 aromatic heterocycles. The summed E-state index contributed by atoms with van der Waals surface area (Å²) in [6.07, 6.45) is 3.59. The Labute approximate surface area is 189 Å². The fraction of sp³-hybridized carbons (Fsp3) is 0.227. The molecule has 0 bridgehead atoms. The molecule has 31 heavy (non-hydrogen) atoms. The van der Waals surface area contributed by atoms with E-state index in [-0.39, 0.29) is 10.7 Å². The van der Waals surface area contributed by atoms with Crippen LogP contribution in [0.25, 0.3) is 0 Å². The van der Waals surface area contributed by atoms with Gasteiger partial charge in [0, 0.05) is 18.1 Å². The quantitative estimate of drug-likeness (QED) is 0.529. The van der Waals surface area contributed by atoms with Crippen molar-refractivity contribution in [3.05, 3.63) is 64.4 Å². The molecule has 0 radical (unpaired) electrons. The zero-order chi connectivity index (χ0) is 21.8. The first-order valence-electron chi connectivity index (χ1n) is 9.74. The molecule has 1 amide bonds. The average Bonchev–Trinajstić information content (AvgIpc) is 3.31. The molecule has 0 aliphatic carbocycles. The van der Waals surface area contributed by atoms with E-state index in [4.69, 9.17) is 32.7 Å². The van der Waals surface area contributed by atoms with Crippen molar-refractivity contribution in [3.8, 4) is 17.2 Å². The predicted molar refractivity (Wildman–Crippen MR) is 121 cm³/mol. The van der Waals surface area contributed by atoms with Crippen molar-refractivity contribution >= 4 is 40.7 Å². The van der Waals surface area contributed by atoms with Gasteiger partial charge in [-0.15, -0.1) is 0 Å². The fourth-order valence-electron chi connectivity index (χ4n) is 3.23. The van der Waals surface area contributed by atoms with Gasteiger partial charge < -0.3 is 19.7 Å². The summed E-state index contributed by atoms with van der Waals surface area (Å²) in [7, 11) is 1.59. The maximum atomic E-state index is 13.0. The summed E-state index contributed by atoms with van der Waals surface area (Å²) in [5, 5.41) is 3.42. The highest BCUT2D eigenvalue weighted by Gasteiger charge is 2.21. The van der Waals surface area contributed by atoms with Gasteiger partial charge in [-0.1, -0.05) is 23.2 Å². The molecule has 2 heterocycles. The monoisotopic (exact) mass is 458 g/mol. The molecule has 1 N–H and O–H groups in total. The van der Waals surface area contributed by atoms with Gasteiger partial charge in [0.25, 0.3) is 5.91 Å². The van der Waals surface area contributed by atoms with Crippen molar-refractivity contribution in [2.45, 2.75) is 12.8 Å². The SMILES string of the molecule is COc1ccc(Oc2ccc(Cl)cc2NC(=O)c2nc(N3CCCC3)ncc2Cl)cc1. The summed E-state index contributed by atoms with van der Waals surface area (Å²) in [6, 6.07) is 12.1. The van der Waals surface area contributed by atoms with Gasteiger partial charge in [-0.25, -0.2) is 9.97 Å². The van der Waals surface area contributed by atoms with Crippen molar-refractivity contribution in [2.24, 2.45) is 0 Å². The second-order valence-corrected chi connectivity index (χ2v) is 7.78. The van der Waals surface area contributed by atoms with Crippen molar-refractivity contribution < 1.29 is 14.3 Å². The van der Waals surface area contributed by atoms with E-state index < -0.39 is 5.91 Å². The van der Waals surface area contributed by atoms with E-state index in [1.54, 1.807) is 49.6 Å². The molecule has 1 saturated heterocycles. The number of anilines is 2. The Hall–Kier alpha value is -3.03. The van der Waals surface area contributed by atoms with Gasteiger partial charge >= 0.3 is 0 Å². The number of hydrogen-bond donors (Lipinski definition) is 1. The lowest BCUT2D eigenvalue weighted by molar-refractivity contribution is 0.102. The molecule has 3 aromatic rings. The fourth-order valence-corrected chi connectivity index (χ4v) is 3.58. The highest BCUT2D eigenvalue weighted by Crippen LogP contribution is 2.33. The predicted octanol–water partition coefficient (Wildman–Crippen LogP) is 5.44. The second-order valence-electron chi connectivity index (χ2n) is 6.93. The van der Waals surface area contributed by atoms with Gasteiger partial charge in [0.2, 0.25) is 5.95 Å². The van der Waals surface area contributed by atoms with Crippen LogP contribution in [-0.2, 0) is 0 Å². The Balaban J connectivity index is 1.57. The third-order valence-corrected chi connectivity index (χ3v) is 5.32. The van der Waals surface area contributed by atoms with E-state index in [1.807, 2.05) is 4.90 Å². The standard InChI is InChI=1S/C22H20Cl2N4O3/c1-30-15-5-7-16(8-6-15)31-19-9-4-14(23)12-18(19)26-21(29)20-17(24)13-25-22(27-20)28-10-2-3-11-28/h4-9,12-13H,2-3,10-11H2,1H3,(H,26,29). The van der Waals surface area contributed by atoms with Crippen LogP contribution in [0.1, 0.15) is 23.3 Å². The zero-order valence-corrected chi connectivity index (χ0v) is 18.3. The van der Waals surface area contributed by atoms with E-state index in [0.29, 0.717) is 33.9 Å². The Bertz CT molecular complexity index is 1090. The number of benzene rings is 2. The number of hydrogen-bond acceptors (Lipinski definition) is 6. The van der Waals surface area contributed by atoms with Crippen molar-refractivity contribution in [3.63, 3.8) is 0 Å². The van der Waals surface area contributed by atoms with E-state index in [2.05, 4.69) is 15.3 Å². The first-order chi connectivity index (χ1) is 15.0. The summed E-state index contributed by atoms with van der Waals surface area (Å²) in [4.78, 5) is 23.7. The Morgan fingerprint density at radius 2 is 1.77 bits per heavy atom. The lowest BCUT2D eigenvalue weighted by atomic mass is 10.2. The summed E-state index contributed by atoms with van der Waals surface area (Å²) in [5.41, 5.74) is 0.486. The van der Waals surface area contributed by atoms with Crippen LogP contribution in [0, 0.1) is 0 Å². The molecule has 1 aliphatic heterocycles. The minimum atomic E-state index is -0.477. The smallest absolute Gasteiger partial charge is 0.276 e. The van der Waals surface area contributed by atoms with Crippen LogP contribution >= 0.6 is 23.2 Å². The molecule has 160 valence electrons. The topological polar surface area (TPSA) is 76.6 Å². The van der Waals surface area contributed by atoms with Crippen LogP contribution < -0.4 is 19.7 Å². The van der Waals surface area contributed by atoms with E-state index in [9.17, 15) is 4.79 Å². The molecule has 0 saturated carbocycles. The molecule has 0 spiro atoms. The van der Waals surface area contributed by atoms with Crippen LogP contribution in [0.3, 0.4) is 0 Å². The van der Waals surface area contributed by atoms with Crippen LogP contribution in [0.15, 0.2) is 48.7 Å². The average molecular weight is 459 g/mol. The molecule has 7 nitrogen and oxygen atoms in total. The highest BCUT2D eigenvalue weighted by atomic mass is 35.5. The largest absolute Gasteiger partial charge is 0.497 e. The zero-order valence-electron chi connectivity index (χ0n) is 16.8. The van der Waals surface area contributed by atoms with Crippen molar-refractivity contribution in [2.75, 3.05) is 30.4 Å². The maximum absolute atomic E-state index is 13.0. The number of carbonyl (C=O) groups is 1. The number of methoxy groups -OCH3 is 1. The number of nitrogens with zero attached hydrogens (tertiary/aromatic N) is 3. The van der Waals surface area contributed by atoms with Crippen LogP contribution in [0.5, 0.6) is 17.2 Å². The highest BCUT2D eigenvalue weighted by molar-refractivity contribution is 6.34. The lowest BCUT2D eigenvalue weighted by Gasteiger charge is -2.16. The van der Waals surface area contributed by atoms with Crippen LogP contribution in [0.4, 0.5) is 11.6 Å². The molecule has 1 aliphatic rings. The first-order valence-corrected chi connectivity index (χ1v) is 10.5. The lowest BCUT2D eigenvalue weighted by Crippen LogP contribution is -2.23. The number of amides is 1. The van der Waals surface area contributed by atoms with Crippen molar-refractivity contribution in [1.29, 1.82) is 0 Å². The molecule has 9 heteroatoms. The molecule has 1 fully saturated rings. The Morgan fingerprint density at radius 1 is 1.06 bits per heavy atom. The molecule has 2 aromatic carbocycles. The molecule has 4 rings (SSSR count). The Kier molecular flexibility index (Phi) is 6.44. The normalized spacial score (nSPS) is 13.2. The number of rotatable bonds is 6. The molecule has 0 unspecified atom stereocenters. The van der Waals surface area contributed by atoms with Crippen LogP contribution in [-0.4, -0.2) is 36.1 Å². The molecule has 0 atom stereocenters. The number of nitrogens with one attached hydrogen (secondary N) is 1. The van der Waals surface area contributed by atoms with Gasteiger partial charge in [-0.05, 0) is 55.3 Å². The van der Waals surface area contributed by atoms with Gasteiger partial charge in [0.05, 0.1) is 24.0 Å². The van der Waals surface area contributed by atoms with Crippen molar-refractivity contribution in [1.82, 2.24) is 9.97 Å². The molecular weight excluding hydrogens is 439 g/mol. The summed E-state index contributed by atoms with van der Waals surface area (Å²) >= 11 is 12.4. The molecular formula is C22H20Cl2N4O3. The third kappa shape index (κ3) is 5.00. The summed E-state index contributed by atoms with van der Waals surface area (Å²) < 4.78 is 11.1. The van der Waals surface area contributed by atoms with Gasteiger partial charge in [0.1, 0.15) is 11.5 Å². The van der Waals surface area contributed by atoms with Crippen LogP contribution in [0.2, 0.25) is 10.0 Å². The van der Waals surface area contributed by atoms with Gasteiger partial charge in [0.15, 0.2) is 11.4 Å². The second kappa shape index (κ2) is 9.41. The first kappa shape index (κ1) is 21.2. The maximum Gasteiger partial charge on any atom is 0.276 e. The third-order valence-electron chi connectivity index (χ3n) is 4.81. The number of carbonyl (C=O) groups excluding carboxylic acids is 1. The van der Waals surface area contributed by atoms with Gasteiger partial charge in [-0.3, -0.25) is 4.79 Å². The Morgan fingerprint density at radius 3 is 2.48 bits per heavy atom. The van der Waals surface area contributed by atoms with E-state index in [1.165, 1.54) is 6.20 Å². The van der Waals surface area contributed by atoms with Gasteiger partial charge in [-0.2, -0.15) is 0 Å².